The molecule has 3 N–H and O–H groups in total. The predicted octanol–water partition coefficient (Wildman–Crippen LogP) is 2.10. The number of anilines is 1. The van der Waals surface area contributed by atoms with Crippen molar-refractivity contribution in [1.29, 1.82) is 0 Å². The molecule has 1 atom stereocenters. The standard InChI is InChI=1S/C17H17N3O5/c18-15-5-4-12(20(23)24)9-14(15)17(22)19-6-7-25-16(10-19)11-2-1-3-13(21)8-11/h1-5,8-9,16,21H,6-7,10,18H2. The van der Waals surface area contributed by atoms with Crippen molar-refractivity contribution in [3.8, 4) is 5.75 Å². The first kappa shape index (κ1) is 16.7. The van der Waals surface area contributed by atoms with E-state index in [1.54, 1.807) is 29.2 Å². The number of carbonyl (C=O) groups excluding carboxylic acids is 1. The predicted molar refractivity (Wildman–Crippen MR) is 90.2 cm³/mol. The van der Waals surface area contributed by atoms with Gasteiger partial charge in [-0.05, 0) is 23.8 Å². The maximum Gasteiger partial charge on any atom is 0.270 e. The zero-order valence-electron chi connectivity index (χ0n) is 13.3. The Morgan fingerprint density at radius 3 is 2.84 bits per heavy atom. The zero-order valence-corrected chi connectivity index (χ0v) is 13.3. The van der Waals surface area contributed by atoms with Gasteiger partial charge in [0.1, 0.15) is 11.9 Å². The Kier molecular flexibility index (Phi) is 4.53. The van der Waals surface area contributed by atoms with Crippen molar-refractivity contribution in [2.45, 2.75) is 6.10 Å². The molecule has 0 saturated carbocycles. The maximum absolute atomic E-state index is 12.8. The third-order valence-corrected chi connectivity index (χ3v) is 4.07. The van der Waals surface area contributed by atoms with Crippen LogP contribution < -0.4 is 5.73 Å². The minimum absolute atomic E-state index is 0.103. The van der Waals surface area contributed by atoms with Crippen LogP contribution in [-0.2, 0) is 4.74 Å². The molecule has 1 heterocycles. The number of ether oxygens (including phenoxy) is 1. The van der Waals surface area contributed by atoms with E-state index in [4.69, 9.17) is 10.5 Å². The van der Waals surface area contributed by atoms with Gasteiger partial charge < -0.3 is 20.5 Å². The van der Waals surface area contributed by atoms with Crippen molar-refractivity contribution in [2.75, 3.05) is 25.4 Å². The molecule has 1 aliphatic heterocycles. The third kappa shape index (κ3) is 3.53. The number of phenols is 1. The lowest BCUT2D eigenvalue weighted by Gasteiger charge is -2.33. The van der Waals surface area contributed by atoms with Crippen LogP contribution in [0.5, 0.6) is 5.75 Å². The molecule has 0 aliphatic carbocycles. The second kappa shape index (κ2) is 6.78. The molecule has 8 heteroatoms. The number of non-ortho nitro benzene ring substituents is 1. The molecule has 0 spiro atoms. The van der Waals surface area contributed by atoms with Crippen LogP contribution in [0.25, 0.3) is 0 Å². The first-order valence-electron chi connectivity index (χ1n) is 7.69. The number of nitrogen functional groups attached to an aromatic ring is 1. The number of nitro groups is 1. The molecule has 25 heavy (non-hydrogen) atoms. The molecular formula is C17H17N3O5. The molecule has 0 aromatic heterocycles. The van der Waals surface area contributed by atoms with Gasteiger partial charge in [0.2, 0.25) is 0 Å². The minimum atomic E-state index is -0.564. The van der Waals surface area contributed by atoms with Gasteiger partial charge in [0.25, 0.3) is 11.6 Å². The fourth-order valence-corrected chi connectivity index (χ4v) is 2.77. The Balaban J connectivity index is 1.83. The highest BCUT2D eigenvalue weighted by Crippen LogP contribution is 2.27. The molecule has 0 radical (unpaired) electrons. The number of hydrogen-bond acceptors (Lipinski definition) is 6. The Hall–Kier alpha value is -3.13. The molecule has 2 aromatic rings. The van der Waals surface area contributed by atoms with E-state index in [0.717, 1.165) is 5.56 Å². The van der Waals surface area contributed by atoms with E-state index in [0.29, 0.717) is 13.2 Å². The van der Waals surface area contributed by atoms with Gasteiger partial charge >= 0.3 is 0 Å². The Bertz CT molecular complexity index is 824. The average Bonchev–Trinajstić information content (AvgIpc) is 2.61. The SMILES string of the molecule is Nc1ccc([N+](=O)[O-])cc1C(=O)N1CCOC(c2cccc(O)c2)C1. The van der Waals surface area contributed by atoms with Crippen LogP contribution in [-0.4, -0.2) is 40.5 Å². The van der Waals surface area contributed by atoms with Gasteiger partial charge in [-0.1, -0.05) is 12.1 Å². The smallest absolute Gasteiger partial charge is 0.270 e. The topological polar surface area (TPSA) is 119 Å². The average molecular weight is 343 g/mol. The summed E-state index contributed by atoms with van der Waals surface area (Å²) in [5, 5.41) is 20.5. The van der Waals surface area contributed by atoms with Crippen LogP contribution in [0.15, 0.2) is 42.5 Å². The number of rotatable bonds is 3. The minimum Gasteiger partial charge on any atom is -0.508 e. The van der Waals surface area contributed by atoms with Crippen LogP contribution in [0.4, 0.5) is 11.4 Å². The summed E-state index contributed by atoms with van der Waals surface area (Å²) in [6.07, 6.45) is -0.385. The number of hydrogen-bond donors (Lipinski definition) is 2. The summed E-state index contributed by atoms with van der Waals surface area (Å²) in [6.45, 7) is 0.946. The number of nitrogens with zero attached hydrogens (tertiary/aromatic N) is 2. The fraction of sp³-hybridized carbons (Fsp3) is 0.235. The summed E-state index contributed by atoms with van der Waals surface area (Å²) < 4.78 is 5.68. The van der Waals surface area contributed by atoms with Crippen LogP contribution >= 0.6 is 0 Å². The van der Waals surface area contributed by atoms with Crippen molar-refractivity contribution in [2.24, 2.45) is 0 Å². The molecule has 8 nitrogen and oxygen atoms in total. The third-order valence-electron chi connectivity index (χ3n) is 4.07. The fourth-order valence-electron chi connectivity index (χ4n) is 2.77. The Morgan fingerprint density at radius 2 is 2.12 bits per heavy atom. The summed E-state index contributed by atoms with van der Waals surface area (Å²) in [5.74, 6) is -0.262. The number of nitrogens with two attached hydrogens (primary N) is 1. The van der Waals surface area contributed by atoms with Gasteiger partial charge in [0, 0.05) is 24.4 Å². The number of benzene rings is 2. The Morgan fingerprint density at radius 1 is 1.32 bits per heavy atom. The second-order valence-electron chi connectivity index (χ2n) is 5.73. The van der Waals surface area contributed by atoms with E-state index < -0.39 is 4.92 Å². The van der Waals surface area contributed by atoms with E-state index in [1.165, 1.54) is 18.2 Å². The van der Waals surface area contributed by atoms with E-state index in [1.807, 2.05) is 0 Å². The molecule has 1 saturated heterocycles. The number of carbonyl (C=O) groups is 1. The summed E-state index contributed by atoms with van der Waals surface area (Å²) >= 11 is 0. The van der Waals surface area contributed by atoms with Gasteiger partial charge in [-0.25, -0.2) is 0 Å². The molecule has 1 aliphatic rings. The molecule has 3 rings (SSSR count). The van der Waals surface area contributed by atoms with Crippen LogP contribution in [0.1, 0.15) is 22.0 Å². The lowest BCUT2D eigenvalue weighted by Crippen LogP contribution is -2.42. The van der Waals surface area contributed by atoms with E-state index in [2.05, 4.69) is 0 Å². The highest BCUT2D eigenvalue weighted by atomic mass is 16.6. The van der Waals surface area contributed by atoms with Gasteiger partial charge in [0.15, 0.2) is 0 Å². The van der Waals surface area contributed by atoms with E-state index >= 15 is 0 Å². The van der Waals surface area contributed by atoms with Gasteiger partial charge in [0.05, 0.1) is 23.6 Å². The van der Waals surface area contributed by atoms with Crippen molar-refractivity contribution in [3.05, 3.63) is 63.7 Å². The highest BCUT2D eigenvalue weighted by molar-refractivity contribution is 5.99. The van der Waals surface area contributed by atoms with Gasteiger partial charge in [-0.15, -0.1) is 0 Å². The number of morpholine rings is 1. The molecule has 130 valence electrons. The number of amides is 1. The van der Waals surface area contributed by atoms with Crippen LogP contribution in [0, 0.1) is 10.1 Å². The molecule has 0 bridgehead atoms. The lowest BCUT2D eigenvalue weighted by atomic mass is 10.1. The monoisotopic (exact) mass is 343 g/mol. The largest absolute Gasteiger partial charge is 0.508 e. The van der Waals surface area contributed by atoms with Gasteiger partial charge in [-0.3, -0.25) is 14.9 Å². The maximum atomic E-state index is 12.8. The zero-order chi connectivity index (χ0) is 18.0. The van der Waals surface area contributed by atoms with Crippen molar-refractivity contribution < 1.29 is 19.6 Å². The normalized spacial score (nSPS) is 17.3. The van der Waals surface area contributed by atoms with Gasteiger partial charge in [-0.2, -0.15) is 0 Å². The highest BCUT2D eigenvalue weighted by Gasteiger charge is 2.28. The lowest BCUT2D eigenvalue weighted by molar-refractivity contribution is -0.384. The van der Waals surface area contributed by atoms with Crippen LogP contribution in [0.2, 0.25) is 0 Å². The molecule has 2 aromatic carbocycles. The first-order chi connectivity index (χ1) is 12.0. The van der Waals surface area contributed by atoms with E-state index in [-0.39, 0.29) is 41.2 Å². The molecule has 1 unspecified atom stereocenters. The molecular weight excluding hydrogens is 326 g/mol. The number of phenolic OH excluding ortho intramolecular Hbond substituents is 1. The summed E-state index contributed by atoms with van der Waals surface area (Å²) in [7, 11) is 0. The molecule has 1 fully saturated rings. The quantitative estimate of drug-likeness (QED) is 0.500. The van der Waals surface area contributed by atoms with E-state index in [9.17, 15) is 20.0 Å². The number of aromatic hydroxyl groups is 1. The summed E-state index contributed by atoms with van der Waals surface area (Å²) in [6, 6.07) is 10.5. The number of nitro benzene ring substituents is 1. The van der Waals surface area contributed by atoms with Crippen molar-refractivity contribution in [3.63, 3.8) is 0 Å². The van der Waals surface area contributed by atoms with Crippen molar-refractivity contribution in [1.82, 2.24) is 4.90 Å². The summed E-state index contributed by atoms with van der Waals surface area (Å²) in [4.78, 5) is 24.7. The summed E-state index contributed by atoms with van der Waals surface area (Å²) in [5.41, 5.74) is 6.69. The first-order valence-corrected chi connectivity index (χ1v) is 7.69. The van der Waals surface area contributed by atoms with Crippen molar-refractivity contribution >= 4 is 17.3 Å². The molecule has 1 amide bonds. The van der Waals surface area contributed by atoms with Crippen LogP contribution in [0.3, 0.4) is 0 Å². The second-order valence-corrected chi connectivity index (χ2v) is 5.73. The Labute approximate surface area is 143 Å².